The Morgan fingerprint density at radius 2 is 1.49 bits per heavy atom. The summed E-state index contributed by atoms with van der Waals surface area (Å²) in [7, 11) is 4.13. The van der Waals surface area contributed by atoms with Crippen LogP contribution in [0.15, 0.2) is 73.1 Å². The number of carboxylic acid groups (broad SMARTS) is 2. The molecule has 0 spiro atoms. The van der Waals surface area contributed by atoms with Gasteiger partial charge in [-0.2, -0.15) is 31.4 Å². The quantitative estimate of drug-likeness (QED) is 0.207. The minimum absolute atomic E-state index is 0.205. The number of pyridine rings is 1. The van der Waals surface area contributed by atoms with Crippen molar-refractivity contribution < 1.29 is 50.9 Å². The summed E-state index contributed by atoms with van der Waals surface area (Å²) < 4.78 is 65.2. The lowest BCUT2D eigenvalue weighted by Gasteiger charge is -2.24. The first-order valence-corrected chi connectivity index (χ1v) is 12.7. The number of carbonyl (C=O) groups is 3. The van der Waals surface area contributed by atoms with Crippen LogP contribution in [0.3, 0.4) is 0 Å². The average molecular weight is 643 g/mol. The number of carbonyl (C=O) groups excluding carboxylic acids is 1. The third kappa shape index (κ3) is 11.2. The molecule has 0 fully saturated rings. The molecule has 17 heteroatoms. The van der Waals surface area contributed by atoms with Gasteiger partial charge < -0.3 is 21.3 Å². The first kappa shape index (κ1) is 36.2. The molecule has 0 saturated carbocycles. The number of rotatable bonds is 8. The highest BCUT2D eigenvalue weighted by Crippen LogP contribution is 2.20. The molecule has 4 rings (SSSR count). The van der Waals surface area contributed by atoms with Crippen molar-refractivity contribution in [2.24, 2.45) is 5.73 Å². The van der Waals surface area contributed by atoms with Crippen molar-refractivity contribution >= 4 is 28.7 Å². The largest absolute Gasteiger partial charge is 0.490 e. The number of hydrogen-bond acceptors (Lipinski definition) is 7. The first-order valence-electron chi connectivity index (χ1n) is 12.7. The Bertz CT molecular complexity index is 1550. The zero-order valence-electron chi connectivity index (χ0n) is 23.7. The number of amides is 1. The summed E-state index contributed by atoms with van der Waals surface area (Å²) in [6, 6.07) is 19.8. The maximum absolute atomic E-state index is 11.6. The summed E-state index contributed by atoms with van der Waals surface area (Å²) >= 11 is 0. The molecule has 2 aromatic carbocycles. The van der Waals surface area contributed by atoms with Crippen molar-refractivity contribution in [3.05, 3.63) is 89.9 Å². The number of alkyl halides is 6. The molecule has 0 aliphatic heterocycles. The van der Waals surface area contributed by atoms with Gasteiger partial charge >= 0.3 is 24.3 Å². The number of benzene rings is 2. The van der Waals surface area contributed by atoms with Crippen LogP contribution in [0.4, 0.5) is 26.3 Å². The number of fused-ring (bicyclic) bond motifs is 1. The Morgan fingerprint density at radius 3 is 1.96 bits per heavy atom. The Morgan fingerprint density at radius 1 is 0.911 bits per heavy atom. The predicted octanol–water partition coefficient (Wildman–Crippen LogP) is 4.18. The summed E-state index contributed by atoms with van der Waals surface area (Å²) in [5.74, 6) is -5.99. The van der Waals surface area contributed by atoms with Crippen molar-refractivity contribution in [3.63, 3.8) is 0 Å². The minimum atomic E-state index is -5.08. The van der Waals surface area contributed by atoms with Gasteiger partial charge in [-0.25, -0.2) is 14.3 Å². The van der Waals surface area contributed by atoms with E-state index in [1.807, 2.05) is 48.8 Å². The van der Waals surface area contributed by atoms with E-state index >= 15 is 0 Å². The van der Waals surface area contributed by atoms with Crippen LogP contribution < -0.4 is 11.1 Å². The fourth-order valence-corrected chi connectivity index (χ4v) is 3.62. The summed E-state index contributed by atoms with van der Waals surface area (Å²) in [6.07, 6.45) is -6.43. The van der Waals surface area contributed by atoms with E-state index in [0.717, 1.165) is 29.9 Å². The molecule has 1 unspecified atom stereocenters. The summed E-state index contributed by atoms with van der Waals surface area (Å²) in [4.78, 5) is 36.1. The highest BCUT2D eigenvalue weighted by molar-refractivity contribution is 6.04. The number of primary amides is 1. The van der Waals surface area contributed by atoms with Gasteiger partial charge in [-0.3, -0.25) is 14.7 Å². The van der Waals surface area contributed by atoms with Crippen molar-refractivity contribution in [2.75, 3.05) is 20.6 Å². The Kier molecular flexibility index (Phi) is 12.6. The average Bonchev–Trinajstić information content (AvgIpc) is 3.40. The molecule has 45 heavy (non-hydrogen) atoms. The summed E-state index contributed by atoms with van der Waals surface area (Å²) in [6.45, 7) is 1.55. The van der Waals surface area contributed by atoms with Gasteiger partial charge in [-0.15, -0.1) is 0 Å². The third-order valence-corrected chi connectivity index (χ3v) is 5.81. The Balaban J connectivity index is 0.000000421. The van der Waals surface area contributed by atoms with Gasteiger partial charge in [-0.1, -0.05) is 30.3 Å². The summed E-state index contributed by atoms with van der Waals surface area (Å²) in [5, 5.41) is 23.2. The molecule has 5 N–H and O–H groups in total. The molecule has 1 amide bonds. The molecule has 0 saturated heterocycles. The van der Waals surface area contributed by atoms with Crippen LogP contribution in [-0.2, 0) is 16.1 Å². The van der Waals surface area contributed by atoms with Gasteiger partial charge in [0.05, 0.1) is 23.0 Å². The fraction of sp³-hybridized carbons (Fsp3) is 0.250. The first-order chi connectivity index (χ1) is 20.9. The topological polar surface area (TPSA) is 164 Å². The smallest absolute Gasteiger partial charge is 0.475 e. The number of aliphatic carboxylic acids is 2. The highest BCUT2D eigenvalue weighted by atomic mass is 19.4. The molecular weight excluding hydrogens is 614 g/mol. The minimum Gasteiger partial charge on any atom is -0.475 e. The van der Waals surface area contributed by atoms with E-state index in [1.54, 1.807) is 10.7 Å². The van der Waals surface area contributed by atoms with Crippen molar-refractivity contribution in [3.8, 4) is 5.69 Å². The van der Waals surface area contributed by atoms with Crippen LogP contribution >= 0.6 is 0 Å². The lowest BCUT2D eigenvalue weighted by molar-refractivity contribution is -0.193. The molecule has 0 radical (unpaired) electrons. The number of halogens is 6. The maximum Gasteiger partial charge on any atom is 0.490 e. The Hall–Kier alpha value is -5.03. The van der Waals surface area contributed by atoms with Gasteiger partial charge in [0.2, 0.25) is 0 Å². The number of nitrogens with one attached hydrogen (secondary N) is 1. The molecule has 2 aromatic heterocycles. The molecule has 242 valence electrons. The summed E-state index contributed by atoms with van der Waals surface area (Å²) in [5.41, 5.74) is 9.67. The van der Waals surface area contributed by atoms with E-state index in [1.165, 1.54) is 5.56 Å². The number of nitrogens with two attached hydrogens (primary N) is 1. The van der Waals surface area contributed by atoms with E-state index in [4.69, 9.17) is 25.5 Å². The van der Waals surface area contributed by atoms with E-state index in [2.05, 4.69) is 52.6 Å². The molecule has 0 aliphatic carbocycles. The van der Waals surface area contributed by atoms with E-state index in [9.17, 15) is 31.1 Å². The second-order valence-corrected chi connectivity index (χ2v) is 9.32. The lowest BCUT2D eigenvalue weighted by atomic mass is 10.1. The standard InChI is InChI=1S/C24H26N6O.2C2HF3O2/c1-29(2)22(21-8-3-4-13-27-21)15-26-14-17-9-11-19(12-10-17)30-16-18-6-5-7-20(24(25)31)23(18)28-30;2*3-2(4,5)1(6)7/h3-13,16,22,26H,14-15H2,1-2H3,(H2,25,31);2*(H,6,7). The SMILES string of the molecule is CN(C)C(CNCc1ccc(-n2cc3cccc(C(N)=O)c3n2)cc1)c1ccccn1.O=C(O)C(F)(F)F.O=C(O)C(F)(F)F. The second-order valence-electron chi connectivity index (χ2n) is 9.32. The van der Waals surface area contributed by atoms with Crippen LogP contribution in [0.2, 0.25) is 0 Å². The third-order valence-electron chi connectivity index (χ3n) is 5.81. The van der Waals surface area contributed by atoms with Crippen molar-refractivity contribution in [1.29, 1.82) is 0 Å². The predicted molar refractivity (Wildman–Crippen MR) is 149 cm³/mol. The highest BCUT2D eigenvalue weighted by Gasteiger charge is 2.38. The molecule has 2 heterocycles. The van der Waals surface area contributed by atoms with E-state index < -0.39 is 30.2 Å². The number of hydrogen-bond donors (Lipinski definition) is 4. The van der Waals surface area contributed by atoms with Crippen LogP contribution in [0.25, 0.3) is 16.6 Å². The van der Waals surface area contributed by atoms with Gasteiger partial charge in [0.25, 0.3) is 5.91 Å². The van der Waals surface area contributed by atoms with Gasteiger partial charge in [0.15, 0.2) is 0 Å². The number of nitrogens with zero attached hydrogens (tertiary/aromatic N) is 4. The van der Waals surface area contributed by atoms with E-state index in [0.29, 0.717) is 11.1 Å². The van der Waals surface area contributed by atoms with E-state index in [-0.39, 0.29) is 6.04 Å². The maximum atomic E-state index is 11.6. The van der Waals surface area contributed by atoms with Gasteiger partial charge in [0.1, 0.15) is 5.52 Å². The fourth-order valence-electron chi connectivity index (χ4n) is 3.62. The van der Waals surface area contributed by atoms with Crippen LogP contribution in [0.1, 0.15) is 27.7 Å². The van der Waals surface area contributed by atoms with Crippen molar-refractivity contribution in [2.45, 2.75) is 24.9 Å². The molecular formula is C28H28F6N6O5. The second kappa shape index (κ2) is 15.6. The van der Waals surface area contributed by atoms with Gasteiger partial charge in [-0.05, 0) is 50.0 Å². The van der Waals surface area contributed by atoms with Crippen LogP contribution in [-0.4, -0.2) is 80.7 Å². The normalized spacial score (nSPS) is 12.0. The monoisotopic (exact) mass is 642 g/mol. The zero-order chi connectivity index (χ0) is 33.9. The molecule has 11 nitrogen and oxygen atoms in total. The van der Waals surface area contributed by atoms with Crippen molar-refractivity contribution in [1.82, 2.24) is 25.0 Å². The van der Waals surface area contributed by atoms with Gasteiger partial charge in [0, 0.05) is 30.9 Å². The number of carboxylic acids is 2. The molecule has 1 atom stereocenters. The molecule has 0 aliphatic rings. The molecule has 4 aromatic rings. The number of aromatic nitrogens is 3. The van der Waals surface area contributed by atoms with Crippen LogP contribution in [0.5, 0.6) is 0 Å². The lowest BCUT2D eigenvalue weighted by Crippen LogP contribution is -2.31. The number of likely N-dealkylation sites (N-methyl/N-ethyl adjacent to an activating group) is 1. The Labute approximate surface area is 251 Å². The zero-order valence-corrected chi connectivity index (χ0v) is 23.7. The molecule has 0 bridgehead atoms. The van der Waals surface area contributed by atoms with Crippen LogP contribution in [0, 0.1) is 0 Å².